The normalized spacial score (nSPS) is 24.4. The summed E-state index contributed by atoms with van der Waals surface area (Å²) in [6, 6.07) is 0. The summed E-state index contributed by atoms with van der Waals surface area (Å²) in [6.07, 6.45) is 10.6. The molecule has 0 aromatic rings. The minimum atomic E-state index is -2.28. The van der Waals surface area contributed by atoms with Gasteiger partial charge in [-0.15, -0.1) is 0 Å². The number of hydrogen-bond donors (Lipinski definition) is 0. The molecule has 160 valence electrons. The van der Waals surface area contributed by atoms with E-state index in [4.69, 9.17) is 14.2 Å². The van der Waals surface area contributed by atoms with Crippen LogP contribution < -0.4 is 0 Å². The molecule has 3 nitrogen and oxygen atoms in total. The van der Waals surface area contributed by atoms with Gasteiger partial charge in [0.15, 0.2) is 0 Å². The Bertz CT molecular complexity index is 400. The first-order valence-electron chi connectivity index (χ1n) is 11.4. The van der Waals surface area contributed by atoms with Gasteiger partial charge in [-0.2, -0.15) is 0 Å². The predicted molar refractivity (Wildman–Crippen MR) is 119 cm³/mol. The number of hydrogen-bond acceptors (Lipinski definition) is 3. The standard InChI is InChI=1S/C11H19O3.3C4H9.Sn/c1-6-9(12-5)10-8(2)7-13-11(3,4)14-10;3*1-3-4-2;/h1,6,8-10H,7H2,2-5H3;3*1,3-4H2,2H3;/t8-,9-,10+;;;;/m0..../s1. The summed E-state index contributed by atoms with van der Waals surface area (Å²) < 4.78 is 25.2. The third-order valence-electron chi connectivity index (χ3n) is 5.99. The number of ether oxygens (including phenoxy) is 3. The first kappa shape index (κ1) is 25.5. The van der Waals surface area contributed by atoms with Crippen molar-refractivity contribution < 1.29 is 14.2 Å². The van der Waals surface area contributed by atoms with Gasteiger partial charge in [-0.25, -0.2) is 0 Å². The van der Waals surface area contributed by atoms with E-state index in [2.05, 4.69) is 37.9 Å². The fourth-order valence-corrected chi connectivity index (χ4v) is 18.5. The van der Waals surface area contributed by atoms with Gasteiger partial charge in [0.05, 0.1) is 0 Å². The number of rotatable bonds is 13. The zero-order valence-electron chi connectivity index (χ0n) is 19.2. The molecule has 1 heterocycles. The van der Waals surface area contributed by atoms with Gasteiger partial charge in [0.1, 0.15) is 0 Å². The Hall–Kier alpha value is 0.419. The predicted octanol–water partition coefficient (Wildman–Crippen LogP) is 6.73. The van der Waals surface area contributed by atoms with Crippen LogP contribution in [-0.2, 0) is 14.2 Å². The molecular weight excluding hydrogens is 443 g/mol. The van der Waals surface area contributed by atoms with Crippen LogP contribution in [0.15, 0.2) is 10.2 Å². The van der Waals surface area contributed by atoms with Crippen LogP contribution in [0.2, 0.25) is 13.3 Å². The molecular formula is C23H46O3Sn. The second-order valence-corrected chi connectivity index (χ2v) is 22.0. The first-order chi connectivity index (χ1) is 12.8. The van der Waals surface area contributed by atoms with Crippen LogP contribution in [-0.4, -0.2) is 50.1 Å². The molecule has 0 unspecified atom stereocenters. The van der Waals surface area contributed by atoms with Crippen molar-refractivity contribution >= 4 is 18.4 Å². The van der Waals surface area contributed by atoms with Crippen molar-refractivity contribution in [1.29, 1.82) is 0 Å². The molecule has 1 aliphatic heterocycles. The maximum absolute atomic E-state index is 6.27. The molecule has 0 radical (unpaired) electrons. The van der Waals surface area contributed by atoms with Crippen LogP contribution in [0.3, 0.4) is 0 Å². The Labute approximate surface area is 173 Å². The number of unbranched alkanes of at least 4 members (excludes halogenated alkanes) is 3. The van der Waals surface area contributed by atoms with E-state index < -0.39 is 24.2 Å². The summed E-state index contributed by atoms with van der Waals surface area (Å²) in [6.45, 7) is 14.0. The zero-order valence-corrected chi connectivity index (χ0v) is 22.0. The second-order valence-electron chi connectivity index (χ2n) is 9.00. The summed E-state index contributed by atoms with van der Waals surface area (Å²) in [5.41, 5.74) is 0. The summed E-state index contributed by atoms with van der Waals surface area (Å²) >= 11 is -2.28. The summed E-state index contributed by atoms with van der Waals surface area (Å²) in [7, 11) is 1.83. The molecule has 0 spiro atoms. The van der Waals surface area contributed by atoms with Gasteiger partial charge in [-0.1, -0.05) is 0 Å². The second kappa shape index (κ2) is 12.9. The topological polar surface area (TPSA) is 27.7 Å². The molecule has 0 saturated carbocycles. The van der Waals surface area contributed by atoms with Crippen molar-refractivity contribution in [1.82, 2.24) is 0 Å². The Morgan fingerprint density at radius 2 is 1.56 bits per heavy atom. The van der Waals surface area contributed by atoms with Gasteiger partial charge in [-0.3, -0.25) is 0 Å². The third-order valence-corrected chi connectivity index (χ3v) is 20.1. The molecule has 1 aliphatic rings. The summed E-state index contributed by atoms with van der Waals surface area (Å²) in [5, 5.41) is 0. The van der Waals surface area contributed by atoms with E-state index >= 15 is 0 Å². The van der Waals surface area contributed by atoms with Crippen LogP contribution >= 0.6 is 0 Å². The Kier molecular flexibility index (Phi) is 12.1. The van der Waals surface area contributed by atoms with Crippen molar-refractivity contribution in [3.05, 3.63) is 10.2 Å². The van der Waals surface area contributed by atoms with E-state index in [1.807, 2.05) is 21.0 Å². The van der Waals surface area contributed by atoms with Gasteiger partial charge >= 0.3 is 174 Å². The molecule has 1 saturated heterocycles. The fraction of sp³-hybridized carbons (Fsp3) is 0.913. The van der Waals surface area contributed by atoms with Crippen molar-refractivity contribution in [2.45, 2.75) is 111 Å². The molecule has 0 aliphatic carbocycles. The summed E-state index contributed by atoms with van der Waals surface area (Å²) in [4.78, 5) is 0. The molecule has 3 atom stereocenters. The van der Waals surface area contributed by atoms with Crippen molar-refractivity contribution in [3.8, 4) is 0 Å². The molecule has 27 heavy (non-hydrogen) atoms. The molecule has 0 N–H and O–H groups in total. The zero-order chi connectivity index (χ0) is 20.3. The molecule has 0 aromatic carbocycles. The molecule has 4 heteroatoms. The van der Waals surface area contributed by atoms with Gasteiger partial charge in [0, 0.05) is 0 Å². The van der Waals surface area contributed by atoms with Crippen molar-refractivity contribution in [2.24, 2.45) is 5.92 Å². The van der Waals surface area contributed by atoms with E-state index in [1.54, 1.807) is 0 Å². The van der Waals surface area contributed by atoms with Gasteiger partial charge in [0.25, 0.3) is 0 Å². The van der Waals surface area contributed by atoms with Crippen LogP contribution in [0.1, 0.15) is 80.1 Å². The molecule has 1 fully saturated rings. The van der Waals surface area contributed by atoms with Gasteiger partial charge in [0.2, 0.25) is 0 Å². The quantitative estimate of drug-likeness (QED) is 0.269. The number of methoxy groups -OCH3 is 1. The first-order valence-corrected chi connectivity index (χ1v) is 19.1. The molecule has 0 amide bonds. The van der Waals surface area contributed by atoms with E-state index in [9.17, 15) is 0 Å². The van der Waals surface area contributed by atoms with E-state index in [-0.39, 0.29) is 12.2 Å². The fourth-order valence-electron chi connectivity index (χ4n) is 4.13. The average molecular weight is 489 g/mol. The van der Waals surface area contributed by atoms with E-state index in [1.165, 1.54) is 51.8 Å². The molecule has 1 rings (SSSR count). The SMILES string of the molecule is CCC[CH2][Sn](/[CH]=C/[C@H](OC)[C@@H]1OC(C)(C)OC[C@@H]1C)([CH2]CCC)[CH2]CCC. The maximum atomic E-state index is 6.27. The molecule has 0 bridgehead atoms. The van der Waals surface area contributed by atoms with Gasteiger partial charge < -0.3 is 0 Å². The summed E-state index contributed by atoms with van der Waals surface area (Å²) in [5.74, 6) is -0.173. The van der Waals surface area contributed by atoms with Crippen LogP contribution in [0.25, 0.3) is 0 Å². The Morgan fingerprint density at radius 3 is 2.00 bits per heavy atom. The van der Waals surface area contributed by atoms with Crippen LogP contribution in [0.5, 0.6) is 0 Å². The average Bonchev–Trinajstić information content (AvgIpc) is 2.65. The third kappa shape index (κ3) is 8.75. The Morgan fingerprint density at radius 1 is 1.04 bits per heavy atom. The Balaban J connectivity index is 3.00. The monoisotopic (exact) mass is 490 g/mol. The van der Waals surface area contributed by atoms with E-state index in [0.29, 0.717) is 5.92 Å². The van der Waals surface area contributed by atoms with E-state index in [0.717, 1.165) is 6.61 Å². The van der Waals surface area contributed by atoms with Crippen molar-refractivity contribution in [2.75, 3.05) is 13.7 Å². The molecule has 0 aromatic heterocycles. The minimum absolute atomic E-state index is 0.0316. The van der Waals surface area contributed by atoms with Crippen LogP contribution in [0, 0.1) is 5.92 Å². The van der Waals surface area contributed by atoms with Gasteiger partial charge in [-0.05, 0) is 0 Å². The van der Waals surface area contributed by atoms with Crippen molar-refractivity contribution in [3.63, 3.8) is 0 Å². The van der Waals surface area contributed by atoms with Crippen LogP contribution in [0.4, 0.5) is 0 Å².